The maximum absolute atomic E-state index is 13.0. The molecule has 0 saturated carbocycles. The van der Waals surface area contributed by atoms with Gasteiger partial charge in [-0.2, -0.15) is 0 Å². The highest BCUT2D eigenvalue weighted by Gasteiger charge is 2.16. The van der Waals surface area contributed by atoms with Crippen LogP contribution in [0.1, 0.15) is 21.5 Å². The Morgan fingerprint density at radius 2 is 1.64 bits per heavy atom. The fourth-order valence-corrected chi connectivity index (χ4v) is 3.40. The van der Waals surface area contributed by atoms with Gasteiger partial charge in [0.05, 0.1) is 18.4 Å². The van der Waals surface area contributed by atoms with Crippen molar-refractivity contribution in [1.29, 1.82) is 0 Å². The van der Waals surface area contributed by atoms with Crippen molar-refractivity contribution in [1.82, 2.24) is 10.2 Å². The summed E-state index contributed by atoms with van der Waals surface area (Å²) in [6, 6.07) is 24.2. The van der Waals surface area contributed by atoms with Crippen molar-refractivity contribution < 1.29 is 14.3 Å². The van der Waals surface area contributed by atoms with Gasteiger partial charge in [0.2, 0.25) is 5.91 Å². The van der Waals surface area contributed by atoms with Crippen molar-refractivity contribution in [3.63, 3.8) is 0 Å². The van der Waals surface area contributed by atoms with E-state index in [1.165, 1.54) is 6.08 Å². The third kappa shape index (κ3) is 6.75. The number of amides is 2. The number of methoxy groups -OCH3 is 1. The van der Waals surface area contributed by atoms with Crippen molar-refractivity contribution in [2.75, 3.05) is 19.5 Å². The first-order chi connectivity index (χ1) is 16.0. The smallest absolute Gasteiger partial charge is 0.256 e. The molecule has 33 heavy (non-hydrogen) atoms. The van der Waals surface area contributed by atoms with E-state index >= 15 is 0 Å². The zero-order valence-corrected chi connectivity index (χ0v) is 19.3. The number of carbonyl (C=O) groups is 2. The number of nitrogens with one attached hydrogen (secondary N) is 2. The lowest BCUT2D eigenvalue weighted by Gasteiger charge is -2.20. The predicted molar refractivity (Wildman–Crippen MR) is 135 cm³/mol. The van der Waals surface area contributed by atoms with Crippen molar-refractivity contribution in [3.8, 4) is 5.75 Å². The first kappa shape index (κ1) is 23.7. The Morgan fingerprint density at radius 1 is 0.970 bits per heavy atom. The van der Waals surface area contributed by atoms with Crippen LogP contribution in [0, 0.1) is 0 Å². The van der Waals surface area contributed by atoms with Crippen molar-refractivity contribution in [3.05, 3.63) is 102 Å². The standard InChI is InChI=1S/C26H25N3O3S/c1-29(18-19-10-4-3-5-11-19)25(31)21-13-7-8-14-22(21)27-26(33)28-24(30)17-16-20-12-6-9-15-23(20)32-2/h3-17H,18H2,1-2H3,(H2,27,28,30,33)/b17-16+. The van der Waals surface area contributed by atoms with Crippen LogP contribution in [-0.2, 0) is 11.3 Å². The van der Waals surface area contributed by atoms with Gasteiger partial charge >= 0.3 is 0 Å². The number of thiocarbonyl (C=S) groups is 1. The van der Waals surface area contributed by atoms with E-state index in [0.717, 1.165) is 11.1 Å². The molecule has 6 nitrogen and oxygen atoms in total. The molecule has 0 aromatic heterocycles. The molecule has 0 spiro atoms. The van der Waals surface area contributed by atoms with E-state index < -0.39 is 5.91 Å². The Morgan fingerprint density at radius 3 is 2.39 bits per heavy atom. The average Bonchev–Trinajstić information content (AvgIpc) is 2.83. The molecule has 168 valence electrons. The zero-order valence-electron chi connectivity index (χ0n) is 18.4. The molecule has 0 fully saturated rings. The number of para-hydroxylation sites is 2. The van der Waals surface area contributed by atoms with E-state index in [0.29, 0.717) is 23.5 Å². The summed E-state index contributed by atoms with van der Waals surface area (Å²) >= 11 is 5.28. The molecule has 0 saturated heterocycles. The molecule has 0 bridgehead atoms. The van der Waals surface area contributed by atoms with Crippen LogP contribution in [0.4, 0.5) is 5.69 Å². The van der Waals surface area contributed by atoms with Gasteiger partial charge in [-0.05, 0) is 42.1 Å². The molecule has 0 atom stereocenters. The lowest BCUT2D eigenvalue weighted by Crippen LogP contribution is -2.34. The van der Waals surface area contributed by atoms with Crippen LogP contribution in [-0.4, -0.2) is 36.0 Å². The van der Waals surface area contributed by atoms with Crippen molar-refractivity contribution >= 4 is 40.9 Å². The third-order valence-corrected chi connectivity index (χ3v) is 5.01. The predicted octanol–water partition coefficient (Wildman–Crippen LogP) is 4.49. The number of rotatable bonds is 7. The summed E-state index contributed by atoms with van der Waals surface area (Å²) in [6.45, 7) is 0.475. The molecule has 0 aliphatic rings. The number of hydrogen-bond acceptors (Lipinski definition) is 4. The molecular weight excluding hydrogens is 434 g/mol. The summed E-state index contributed by atoms with van der Waals surface area (Å²) in [4.78, 5) is 27.0. The molecule has 2 amide bonds. The lowest BCUT2D eigenvalue weighted by atomic mass is 10.1. The molecule has 7 heteroatoms. The molecule has 3 rings (SSSR count). The Bertz CT molecular complexity index is 1160. The van der Waals surface area contributed by atoms with Gasteiger partial charge in [-0.25, -0.2) is 0 Å². The lowest BCUT2D eigenvalue weighted by molar-refractivity contribution is -0.115. The third-order valence-electron chi connectivity index (χ3n) is 4.80. The molecular formula is C26H25N3O3S. The summed E-state index contributed by atoms with van der Waals surface area (Å²) in [5.74, 6) is 0.102. The number of anilines is 1. The first-order valence-electron chi connectivity index (χ1n) is 10.3. The number of nitrogens with zero attached hydrogens (tertiary/aromatic N) is 1. The number of ether oxygens (including phenoxy) is 1. The highest BCUT2D eigenvalue weighted by atomic mass is 32.1. The van der Waals surface area contributed by atoms with E-state index in [4.69, 9.17) is 17.0 Å². The minimum atomic E-state index is -0.400. The van der Waals surface area contributed by atoms with E-state index in [9.17, 15) is 9.59 Å². The summed E-state index contributed by atoms with van der Waals surface area (Å²) in [5.41, 5.74) is 2.77. The average molecular weight is 460 g/mol. The highest BCUT2D eigenvalue weighted by Crippen LogP contribution is 2.19. The van der Waals surface area contributed by atoms with Gasteiger partial charge < -0.3 is 15.0 Å². The molecule has 3 aromatic carbocycles. The van der Waals surface area contributed by atoms with Gasteiger partial charge in [0, 0.05) is 25.2 Å². The van der Waals surface area contributed by atoms with Gasteiger partial charge in [-0.3, -0.25) is 14.9 Å². The zero-order chi connectivity index (χ0) is 23.6. The molecule has 0 aliphatic heterocycles. The normalized spacial score (nSPS) is 10.5. The Hall–Kier alpha value is -3.97. The largest absolute Gasteiger partial charge is 0.496 e. The molecule has 3 aromatic rings. The summed E-state index contributed by atoms with van der Waals surface area (Å²) in [6.07, 6.45) is 3.02. The number of carbonyl (C=O) groups excluding carboxylic acids is 2. The first-order valence-corrected chi connectivity index (χ1v) is 10.7. The van der Waals surface area contributed by atoms with Gasteiger partial charge in [-0.15, -0.1) is 0 Å². The van der Waals surface area contributed by atoms with Gasteiger partial charge in [0.1, 0.15) is 5.75 Å². The second kappa shape index (κ2) is 11.6. The maximum atomic E-state index is 13.0. The van der Waals surface area contributed by atoms with Crippen LogP contribution in [0.3, 0.4) is 0 Å². The monoisotopic (exact) mass is 459 g/mol. The van der Waals surface area contributed by atoms with Crippen molar-refractivity contribution in [2.24, 2.45) is 0 Å². The minimum Gasteiger partial charge on any atom is -0.496 e. The molecule has 0 radical (unpaired) electrons. The highest BCUT2D eigenvalue weighted by molar-refractivity contribution is 7.80. The van der Waals surface area contributed by atoms with Gasteiger partial charge in [-0.1, -0.05) is 60.7 Å². The van der Waals surface area contributed by atoms with E-state index in [1.54, 1.807) is 49.4 Å². The van der Waals surface area contributed by atoms with E-state index in [-0.39, 0.29) is 11.0 Å². The second-order valence-electron chi connectivity index (χ2n) is 7.21. The van der Waals surface area contributed by atoms with Crippen LogP contribution in [0.15, 0.2) is 84.9 Å². The SMILES string of the molecule is COc1ccccc1/C=C/C(=O)NC(=S)Nc1ccccc1C(=O)N(C)Cc1ccccc1. The number of hydrogen-bond donors (Lipinski definition) is 2. The van der Waals surface area contributed by atoms with E-state index in [1.807, 2.05) is 54.6 Å². The molecule has 0 aliphatic carbocycles. The summed E-state index contributed by atoms with van der Waals surface area (Å²) < 4.78 is 5.27. The van der Waals surface area contributed by atoms with Crippen LogP contribution >= 0.6 is 12.2 Å². The topological polar surface area (TPSA) is 70.7 Å². The van der Waals surface area contributed by atoms with Crippen molar-refractivity contribution in [2.45, 2.75) is 6.54 Å². The summed E-state index contributed by atoms with van der Waals surface area (Å²) in [5, 5.41) is 5.65. The second-order valence-corrected chi connectivity index (χ2v) is 7.62. The van der Waals surface area contributed by atoms with E-state index in [2.05, 4.69) is 10.6 Å². The van der Waals surface area contributed by atoms with Crippen LogP contribution < -0.4 is 15.4 Å². The molecule has 0 heterocycles. The Labute approximate surface area is 198 Å². The van der Waals surface area contributed by atoms with Crippen LogP contribution in [0.25, 0.3) is 6.08 Å². The Balaban J connectivity index is 1.63. The maximum Gasteiger partial charge on any atom is 0.256 e. The fraction of sp³-hybridized carbons (Fsp3) is 0.115. The fourth-order valence-electron chi connectivity index (χ4n) is 3.19. The van der Waals surface area contributed by atoms with Crippen LogP contribution in [0.5, 0.6) is 5.75 Å². The summed E-state index contributed by atoms with van der Waals surface area (Å²) in [7, 11) is 3.32. The number of benzene rings is 3. The van der Waals surface area contributed by atoms with Gasteiger partial charge in [0.25, 0.3) is 5.91 Å². The quantitative estimate of drug-likeness (QED) is 0.402. The van der Waals surface area contributed by atoms with Gasteiger partial charge in [0.15, 0.2) is 5.11 Å². The Kier molecular flexibility index (Phi) is 8.32. The molecule has 2 N–H and O–H groups in total. The minimum absolute atomic E-state index is 0.0932. The van der Waals surface area contributed by atoms with Crippen LogP contribution in [0.2, 0.25) is 0 Å². The molecule has 0 unspecified atom stereocenters.